The first-order chi connectivity index (χ1) is 12.4. The number of nitrogens with zero attached hydrogens (tertiary/aromatic N) is 2. The molecule has 2 aromatic heterocycles. The number of rotatable bonds is 6. The molecule has 1 fully saturated rings. The van der Waals surface area contributed by atoms with E-state index in [1.165, 1.54) is 16.1 Å². The van der Waals surface area contributed by atoms with Crippen LogP contribution >= 0.6 is 22.7 Å². The average Bonchev–Trinajstić information content (AvgIpc) is 3.35. The number of thiazole rings is 1. The third-order valence-corrected chi connectivity index (χ3v) is 6.28. The monoisotopic (exact) mass is 370 g/mol. The van der Waals surface area contributed by atoms with Gasteiger partial charge in [-0.1, -0.05) is 24.3 Å². The molecule has 0 saturated carbocycles. The van der Waals surface area contributed by atoms with Gasteiger partial charge < -0.3 is 15.5 Å². The van der Waals surface area contributed by atoms with Crippen molar-refractivity contribution in [3.05, 3.63) is 58.4 Å². The molecule has 130 valence electrons. The van der Waals surface area contributed by atoms with Crippen LogP contribution in [0.4, 0.5) is 5.69 Å². The SMILES string of the molecule is c1csc(-c2nc(CNCc3ccccc3N3CCNCC3)cs2)c1. The number of thiophene rings is 1. The topological polar surface area (TPSA) is 40.2 Å². The van der Waals surface area contributed by atoms with Gasteiger partial charge in [0.1, 0.15) is 5.01 Å². The Kier molecular flexibility index (Phi) is 5.42. The van der Waals surface area contributed by atoms with E-state index in [2.05, 4.69) is 62.7 Å². The van der Waals surface area contributed by atoms with Crippen LogP contribution in [0.25, 0.3) is 9.88 Å². The lowest BCUT2D eigenvalue weighted by Gasteiger charge is -2.31. The van der Waals surface area contributed by atoms with E-state index >= 15 is 0 Å². The Morgan fingerprint density at radius 1 is 1.04 bits per heavy atom. The number of hydrogen-bond donors (Lipinski definition) is 2. The highest BCUT2D eigenvalue weighted by molar-refractivity contribution is 7.20. The van der Waals surface area contributed by atoms with E-state index in [-0.39, 0.29) is 0 Å². The van der Waals surface area contributed by atoms with E-state index in [0.717, 1.165) is 50.0 Å². The third kappa shape index (κ3) is 4.10. The fraction of sp³-hybridized carbons (Fsp3) is 0.316. The maximum atomic E-state index is 4.74. The smallest absolute Gasteiger partial charge is 0.133 e. The molecule has 2 N–H and O–H groups in total. The third-order valence-electron chi connectivity index (χ3n) is 4.35. The van der Waals surface area contributed by atoms with Gasteiger partial charge in [-0.3, -0.25) is 0 Å². The predicted molar refractivity (Wildman–Crippen MR) is 107 cm³/mol. The molecular weight excluding hydrogens is 348 g/mol. The van der Waals surface area contributed by atoms with Crippen LogP contribution in [0.1, 0.15) is 11.3 Å². The molecule has 3 aromatic rings. The second kappa shape index (κ2) is 8.10. The molecule has 4 nitrogen and oxygen atoms in total. The van der Waals surface area contributed by atoms with Crippen LogP contribution in [0.5, 0.6) is 0 Å². The second-order valence-corrected chi connectivity index (χ2v) is 7.90. The van der Waals surface area contributed by atoms with Gasteiger partial charge in [0.15, 0.2) is 0 Å². The first-order valence-corrected chi connectivity index (χ1v) is 10.4. The second-order valence-electron chi connectivity index (χ2n) is 6.09. The minimum Gasteiger partial charge on any atom is -0.369 e. The summed E-state index contributed by atoms with van der Waals surface area (Å²) >= 11 is 3.47. The Labute approximate surface area is 156 Å². The van der Waals surface area contributed by atoms with E-state index in [1.54, 1.807) is 22.7 Å². The lowest BCUT2D eigenvalue weighted by atomic mass is 10.1. The summed E-state index contributed by atoms with van der Waals surface area (Å²) in [6.07, 6.45) is 0. The molecule has 0 spiro atoms. The summed E-state index contributed by atoms with van der Waals surface area (Å²) < 4.78 is 0. The van der Waals surface area contributed by atoms with E-state index in [4.69, 9.17) is 4.98 Å². The number of anilines is 1. The van der Waals surface area contributed by atoms with Crippen molar-refractivity contribution in [2.45, 2.75) is 13.1 Å². The Balaban J connectivity index is 1.37. The fourth-order valence-electron chi connectivity index (χ4n) is 3.10. The molecule has 0 aliphatic carbocycles. The minimum absolute atomic E-state index is 0.803. The number of hydrogen-bond acceptors (Lipinski definition) is 6. The molecule has 1 aliphatic heterocycles. The summed E-state index contributed by atoms with van der Waals surface area (Å²) in [5.41, 5.74) is 3.83. The van der Waals surface area contributed by atoms with Crippen molar-refractivity contribution in [1.82, 2.24) is 15.6 Å². The average molecular weight is 371 g/mol. The van der Waals surface area contributed by atoms with Crippen molar-refractivity contribution in [2.24, 2.45) is 0 Å². The summed E-state index contributed by atoms with van der Waals surface area (Å²) in [5.74, 6) is 0. The van der Waals surface area contributed by atoms with Gasteiger partial charge >= 0.3 is 0 Å². The largest absolute Gasteiger partial charge is 0.369 e. The first-order valence-electron chi connectivity index (χ1n) is 8.63. The van der Waals surface area contributed by atoms with Gasteiger partial charge in [-0.15, -0.1) is 22.7 Å². The standard InChI is InChI=1S/C19H22N4S2/c1-2-5-17(23-9-7-20-8-10-23)15(4-1)12-21-13-16-14-25-19(22-16)18-6-3-11-24-18/h1-6,11,14,20-21H,7-10,12-13H2. The van der Waals surface area contributed by atoms with Crippen LogP contribution in [0, 0.1) is 0 Å². The molecule has 0 amide bonds. The van der Waals surface area contributed by atoms with Crippen LogP contribution in [0.15, 0.2) is 47.2 Å². The normalized spacial score (nSPS) is 14.8. The van der Waals surface area contributed by atoms with E-state index in [1.807, 2.05) is 0 Å². The molecule has 6 heteroatoms. The van der Waals surface area contributed by atoms with Gasteiger partial charge in [-0.2, -0.15) is 0 Å². The molecule has 25 heavy (non-hydrogen) atoms. The van der Waals surface area contributed by atoms with Crippen molar-refractivity contribution in [3.8, 4) is 9.88 Å². The van der Waals surface area contributed by atoms with Gasteiger partial charge in [0.05, 0.1) is 10.6 Å². The molecule has 0 radical (unpaired) electrons. The highest BCUT2D eigenvalue weighted by Crippen LogP contribution is 2.27. The van der Waals surface area contributed by atoms with Crippen LogP contribution in [-0.2, 0) is 13.1 Å². The molecule has 1 aliphatic rings. The molecular formula is C19H22N4S2. The summed E-state index contributed by atoms with van der Waals surface area (Å²) in [6.45, 7) is 5.95. The minimum atomic E-state index is 0.803. The van der Waals surface area contributed by atoms with E-state index in [0.29, 0.717) is 0 Å². The zero-order chi connectivity index (χ0) is 16.9. The Hall–Kier alpha value is -1.73. The molecule has 0 unspecified atom stereocenters. The summed E-state index contributed by atoms with van der Waals surface area (Å²) in [4.78, 5) is 8.47. The number of aromatic nitrogens is 1. The van der Waals surface area contributed by atoms with Crippen molar-refractivity contribution >= 4 is 28.4 Å². The van der Waals surface area contributed by atoms with Crippen molar-refractivity contribution in [1.29, 1.82) is 0 Å². The molecule has 0 atom stereocenters. The molecule has 4 rings (SSSR count). The van der Waals surface area contributed by atoms with E-state index < -0.39 is 0 Å². The molecule has 1 aromatic carbocycles. The Morgan fingerprint density at radius 2 is 1.92 bits per heavy atom. The van der Waals surface area contributed by atoms with Gasteiger partial charge in [-0.25, -0.2) is 4.98 Å². The van der Waals surface area contributed by atoms with Gasteiger partial charge in [0.25, 0.3) is 0 Å². The van der Waals surface area contributed by atoms with Crippen LogP contribution in [0.3, 0.4) is 0 Å². The Morgan fingerprint density at radius 3 is 2.76 bits per heavy atom. The van der Waals surface area contributed by atoms with Crippen LogP contribution in [0.2, 0.25) is 0 Å². The van der Waals surface area contributed by atoms with Crippen LogP contribution < -0.4 is 15.5 Å². The Bertz CT molecular complexity index is 791. The van der Waals surface area contributed by atoms with Crippen LogP contribution in [-0.4, -0.2) is 31.2 Å². The summed E-state index contributed by atoms with van der Waals surface area (Å²) in [5, 5.41) is 12.4. The number of piperazine rings is 1. The lowest BCUT2D eigenvalue weighted by Crippen LogP contribution is -2.44. The van der Waals surface area contributed by atoms with E-state index in [9.17, 15) is 0 Å². The zero-order valence-electron chi connectivity index (χ0n) is 14.1. The van der Waals surface area contributed by atoms with Crippen molar-refractivity contribution < 1.29 is 0 Å². The maximum absolute atomic E-state index is 4.74. The van der Waals surface area contributed by atoms with Gasteiger partial charge in [0.2, 0.25) is 0 Å². The highest BCUT2D eigenvalue weighted by Gasteiger charge is 2.13. The highest BCUT2D eigenvalue weighted by atomic mass is 32.1. The summed E-state index contributed by atoms with van der Waals surface area (Å²) in [7, 11) is 0. The lowest BCUT2D eigenvalue weighted by molar-refractivity contribution is 0.585. The first kappa shape index (κ1) is 16.7. The molecule has 0 bridgehead atoms. The number of benzene rings is 1. The maximum Gasteiger partial charge on any atom is 0.133 e. The number of nitrogens with one attached hydrogen (secondary N) is 2. The van der Waals surface area contributed by atoms with Crippen molar-refractivity contribution in [2.75, 3.05) is 31.1 Å². The predicted octanol–water partition coefficient (Wildman–Crippen LogP) is 3.57. The van der Waals surface area contributed by atoms with Crippen molar-refractivity contribution in [3.63, 3.8) is 0 Å². The summed E-state index contributed by atoms with van der Waals surface area (Å²) in [6, 6.07) is 12.9. The van der Waals surface area contributed by atoms with Gasteiger partial charge in [0, 0.05) is 50.3 Å². The zero-order valence-corrected chi connectivity index (χ0v) is 15.7. The number of para-hydroxylation sites is 1. The quantitative estimate of drug-likeness (QED) is 0.696. The molecule has 3 heterocycles. The molecule has 1 saturated heterocycles. The fourth-order valence-corrected chi connectivity index (χ4v) is 4.74. The van der Waals surface area contributed by atoms with Gasteiger partial charge in [-0.05, 0) is 23.1 Å².